The normalized spacial score (nSPS) is 10.7. The van der Waals surface area contributed by atoms with Crippen LogP contribution in [-0.2, 0) is 6.67 Å². The molecule has 0 saturated heterocycles. The molecule has 0 saturated carbocycles. The lowest BCUT2D eigenvalue weighted by molar-refractivity contribution is -0.922. The van der Waals surface area contributed by atoms with Gasteiger partial charge in [0.15, 0.2) is 12.5 Å². The zero-order chi connectivity index (χ0) is 21.5. The first-order chi connectivity index (χ1) is 14.5. The predicted octanol–water partition coefficient (Wildman–Crippen LogP) is 3.36. The van der Waals surface area contributed by atoms with Crippen molar-refractivity contribution in [3.05, 3.63) is 64.4 Å². The highest BCUT2D eigenvalue weighted by Crippen LogP contribution is 2.23. The lowest BCUT2D eigenvalue weighted by Gasteiger charge is -2.16. The van der Waals surface area contributed by atoms with Crippen molar-refractivity contribution in [1.82, 2.24) is 14.3 Å². The van der Waals surface area contributed by atoms with Gasteiger partial charge in [-0.15, -0.1) is 5.10 Å². The molecule has 3 rings (SSSR count). The minimum Gasteiger partial charge on any atom is -0.315 e. The Balaban J connectivity index is 2.08. The van der Waals surface area contributed by atoms with E-state index in [0.29, 0.717) is 37.4 Å². The molecular formula is C23H25N6S+. The first kappa shape index (κ1) is 21.4. The molecule has 0 spiro atoms. The Bertz CT molecular complexity index is 1130. The largest absolute Gasteiger partial charge is 0.315 e. The molecule has 152 valence electrons. The van der Waals surface area contributed by atoms with Crippen LogP contribution in [-0.4, -0.2) is 27.4 Å². The van der Waals surface area contributed by atoms with Crippen LogP contribution in [0, 0.1) is 41.3 Å². The van der Waals surface area contributed by atoms with E-state index in [-0.39, 0.29) is 0 Å². The first-order valence-electron chi connectivity index (χ1n) is 9.95. The second-order valence-corrected chi connectivity index (χ2v) is 7.67. The summed E-state index contributed by atoms with van der Waals surface area (Å²) in [6.07, 6.45) is 0.856. The van der Waals surface area contributed by atoms with Gasteiger partial charge in [-0.2, -0.15) is 15.2 Å². The summed E-state index contributed by atoms with van der Waals surface area (Å²) in [5.74, 6) is 0.781. The predicted molar refractivity (Wildman–Crippen MR) is 118 cm³/mol. The van der Waals surface area contributed by atoms with Crippen molar-refractivity contribution in [1.29, 1.82) is 10.5 Å². The van der Waals surface area contributed by atoms with E-state index in [1.165, 1.54) is 11.1 Å². The summed E-state index contributed by atoms with van der Waals surface area (Å²) in [5, 5.41) is 22.8. The second-order valence-electron chi connectivity index (χ2n) is 7.30. The van der Waals surface area contributed by atoms with E-state index < -0.39 is 0 Å². The van der Waals surface area contributed by atoms with Crippen molar-refractivity contribution < 1.29 is 4.90 Å². The van der Waals surface area contributed by atoms with Gasteiger partial charge in [0.25, 0.3) is 0 Å². The van der Waals surface area contributed by atoms with Gasteiger partial charge in [0.05, 0.1) is 43.8 Å². The first-order valence-corrected chi connectivity index (χ1v) is 10.4. The molecule has 1 aromatic heterocycles. The number of rotatable bonds is 8. The van der Waals surface area contributed by atoms with Crippen LogP contribution in [0.15, 0.2) is 48.5 Å². The van der Waals surface area contributed by atoms with Crippen LogP contribution >= 0.6 is 12.2 Å². The highest BCUT2D eigenvalue weighted by atomic mass is 32.1. The minimum atomic E-state index is 0.428. The van der Waals surface area contributed by atoms with Crippen LogP contribution in [0.5, 0.6) is 0 Å². The maximum absolute atomic E-state index is 8.98. The monoisotopic (exact) mass is 417 g/mol. The van der Waals surface area contributed by atoms with E-state index in [1.54, 1.807) is 0 Å². The van der Waals surface area contributed by atoms with Gasteiger partial charge in [-0.05, 0) is 49.3 Å². The highest BCUT2D eigenvalue weighted by Gasteiger charge is 2.18. The molecule has 0 unspecified atom stereocenters. The maximum atomic E-state index is 8.98. The van der Waals surface area contributed by atoms with Crippen LogP contribution in [0.1, 0.15) is 24.0 Å². The molecule has 0 aliphatic rings. The van der Waals surface area contributed by atoms with Crippen LogP contribution in [0.2, 0.25) is 0 Å². The maximum Gasteiger partial charge on any atom is 0.207 e. The lowest BCUT2D eigenvalue weighted by atomic mass is 10.1. The Kier molecular flexibility index (Phi) is 7.13. The number of hydrogen-bond acceptors (Lipinski definition) is 4. The Labute approximate surface area is 182 Å². The molecule has 0 atom stereocenters. The fraction of sp³-hybridized carbons (Fsp3) is 0.304. The Morgan fingerprint density at radius 1 is 0.967 bits per heavy atom. The fourth-order valence-corrected chi connectivity index (χ4v) is 3.64. The van der Waals surface area contributed by atoms with Crippen molar-refractivity contribution in [2.24, 2.45) is 0 Å². The average molecular weight is 418 g/mol. The minimum absolute atomic E-state index is 0.428. The number of hydrogen-bond donors (Lipinski definition) is 1. The van der Waals surface area contributed by atoms with Crippen molar-refractivity contribution in [3.63, 3.8) is 0 Å². The molecule has 1 N–H and O–H groups in total. The molecule has 6 nitrogen and oxygen atoms in total. The number of nitriles is 2. The number of aryl methyl sites for hydroxylation is 2. The zero-order valence-corrected chi connectivity index (χ0v) is 18.1. The van der Waals surface area contributed by atoms with E-state index in [1.807, 2.05) is 39.6 Å². The molecule has 3 aromatic rings. The van der Waals surface area contributed by atoms with Crippen LogP contribution in [0.4, 0.5) is 0 Å². The summed E-state index contributed by atoms with van der Waals surface area (Å²) < 4.78 is 4.42. The molecule has 1 heterocycles. The Hall–Kier alpha value is -3.26. The highest BCUT2D eigenvalue weighted by molar-refractivity contribution is 7.71. The smallest absolute Gasteiger partial charge is 0.207 e. The molecule has 0 bridgehead atoms. The third-order valence-electron chi connectivity index (χ3n) is 5.17. The van der Waals surface area contributed by atoms with E-state index in [4.69, 9.17) is 27.8 Å². The van der Waals surface area contributed by atoms with E-state index >= 15 is 0 Å². The molecule has 30 heavy (non-hydrogen) atoms. The van der Waals surface area contributed by atoms with Crippen molar-refractivity contribution in [3.8, 4) is 29.2 Å². The quantitative estimate of drug-likeness (QED) is 0.571. The molecule has 0 amide bonds. The Morgan fingerprint density at radius 2 is 1.63 bits per heavy atom. The summed E-state index contributed by atoms with van der Waals surface area (Å²) in [7, 11) is 0. The van der Waals surface area contributed by atoms with Gasteiger partial charge >= 0.3 is 0 Å². The van der Waals surface area contributed by atoms with Crippen LogP contribution in [0.25, 0.3) is 17.1 Å². The van der Waals surface area contributed by atoms with E-state index in [9.17, 15) is 0 Å². The summed E-state index contributed by atoms with van der Waals surface area (Å²) >= 11 is 5.83. The van der Waals surface area contributed by atoms with Crippen molar-refractivity contribution in [2.75, 3.05) is 13.1 Å². The van der Waals surface area contributed by atoms with Crippen molar-refractivity contribution in [2.45, 2.75) is 33.4 Å². The van der Waals surface area contributed by atoms with Gasteiger partial charge in [0.1, 0.15) is 0 Å². The summed E-state index contributed by atoms with van der Waals surface area (Å²) in [6, 6.07) is 20.7. The van der Waals surface area contributed by atoms with Gasteiger partial charge in [-0.25, -0.2) is 0 Å². The number of quaternary nitrogens is 1. The average Bonchev–Trinajstić information content (AvgIpc) is 3.08. The van der Waals surface area contributed by atoms with Gasteiger partial charge in [0, 0.05) is 5.56 Å². The van der Waals surface area contributed by atoms with Crippen molar-refractivity contribution >= 4 is 12.2 Å². The molecule has 0 aliphatic heterocycles. The van der Waals surface area contributed by atoms with Gasteiger partial charge in [-0.1, -0.05) is 36.4 Å². The molecule has 2 aromatic carbocycles. The van der Waals surface area contributed by atoms with Gasteiger partial charge in [-0.3, -0.25) is 4.57 Å². The Morgan fingerprint density at radius 3 is 2.23 bits per heavy atom. The van der Waals surface area contributed by atoms with Crippen LogP contribution < -0.4 is 4.90 Å². The molecule has 7 heteroatoms. The topological polar surface area (TPSA) is 74.8 Å². The standard InChI is InChI=1S/C23H24N6S/c1-18-10-11-21(16-19(18)2)29-22(20-8-4-3-5-9-20)26-28(23(29)30)17-27(14-6-12-24)15-7-13-25/h3-5,8-11,16H,6-7,14-15,17H2,1-2H3/p+1. The van der Waals surface area contributed by atoms with Gasteiger partial charge < -0.3 is 4.90 Å². The lowest BCUT2D eigenvalue weighted by Crippen LogP contribution is -3.11. The second kappa shape index (κ2) is 9.98. The number of nitrogens with zero attached hydrogens (tertiary/aromatic N) is 5. The zero-order valence-electron chi connectivity index (χ0n) is 17.3. The number of nitrogens with one attached hydrogen (secondary N) is 1. The van der Waals surface area contributed by atoms with Crippen LogP contribution in [0.3, 0.4) is 0 Å². The van der Waals surface area contributed by atoms with Gasteiger partial charge in [0.2, 0.25) is 4.77 Å². The summed E-state index contributed by atoms with van der Waals surface area (Å²) in [4.78, 5) is 1.11. The third kappa shape index (κ3) is 4.83. The SMILES string of the molecule is Cc1ccc(-n2c(-c3ccccc3)nn(C[NH+](CCC#N)CCC#N)c2=S)cc1C. The number of aromatic nitrogens is 3. The third-order valence-corrected chi connectivity index (χ3v) is 5.57. The van der Waals surface area contributed by atoms with E-state index in [0.717, 1.165) is 22.0 Å². The molecule has 0 fully saturated rings. The molecular weight excluding hydrogens is 392 g/mol. The molecule has 0 aliphatic carbocycles. The summed E-state index contributed by atoms with van der Waals surface area (Å²) in [5.41, 5.74) is 4.37. The molecule has 0 radical (unpaired) electrons. The fourth-order valence-electron chi connectivity index (χ4n) is 3.34. The number of benzene rings is 2. The summed E-state index contributed by atoms with van der Waals surface area (Å²) in [6.45, 7) is 5.99. The van der Waals surface area contributed by atoms with E-state index in [2.05, 4.69) is 44.2 Å².